The minimum atomic E-state index is 1.04. The van der Waals surface area contributed by atoms with Crippen molar-refractivity contribution in [2.24, 2.45) is 0 Å². The Morgan fingerprint density at radius 1 is 1.06 bits per heavy atom. The van der Waals surface area contributed by atoms with Crippen LogP contribution in [-0.2, 0) is 6.54 Å². The highest BCUT2D eigenvalue weighted by Gasteiger charge is 2.15. The van der Waals surface area contributed by atoms with Crippen LogP contribution < -0.4 is 0 Å². The number of hydrogen-bond donors (Lipinski definition) is 1. The van der Waals surface area contributed by atoms with Gasteiger partial charge in [-0.1, -0.05) is 18.2 Å². The number of hydrogen-bond acceptors (Lipinski definition) is 3. The van der Waals surface area contributed by atoms with Crippen molar-refractivity contribution in [3.8, 4) is 0 Å². The molecular formula is C15H22N2S. The normalized spacial score (nSPS) is 17.8. The molecule has 1 saturated heterocycles. The first kappa shape index (κ1) is 13.7. The highest BCUT2D eigenvalue weighted by Crippen LogP contribution is 2.12. The summed E-state index contributed by atoms with van der Waals surface area (Å²) in [4.78, 5) is 6.08. The third kappa shape index (κ3) is 4.16. The highest BCUT2D eigenvalue weighted by molar-refractivity contribution is 7.80. The average molecular weight is 262 g/mol. The molecule has 0 unspecified atom stereocenters. The van der Waals surface area contributed by atoms with Gasteiger partial charge in [-0.05, 0) is 24.1 Å². The zero-order valence-corrected chi connectivity index (χ0v) is 11.8. The van der Waals surface area contributed by atoms with E-state index in [4.69, 9.17) is 0 Å². The lowest BCUT2D eigenvalue weighted by Crippen LogP contribution is -2.45. The molecule has 1 heterocycles. The van der Waals surface area contributed by atoms with Crippen molar-refractivity contribution >= 4 is 12.6 Å². The van der Waals surface area contributed by atoms with Gasteiger partial charge in [-0.15, -0.1) is 19.2 Å². The first-order chi connectivity index (χ1) is 8.78. The summed E-state index contributed by atoms with van der Waals surface area (Å²) >= 11 is 4.31. The first-order valence-electron chi connectivity index (χ1n) is 6.61. The third-order valence-corrected chi connectivity index (χ3v) is 3.76. The van der Waals surface area contributed by atoms with Gasteiger partial charge in [0, 0.05) is 44.2 Å². The van der Waals surface area contributed by atoms with E-state index in [2.05, 4.69) is 53.3 Å². The Morgan fingerprint density at radius 3 is 2.28 bits per heavy atom. The fraction of sp³-hybridized carbons (Fsp3) is 0.467. The van der Waals surface area contributed by atoms with Crippen molar-refractivity contribution in [1.29, 1.82) is 0 Å². The van der Waals surface area contributed by atoms with Crippen LogP contribution in [0.5, 0.6) is 0 Å². The van der Waals surface area contributed by atoms with Gasteiger partial charge in [-0.25, -0.2) is 0 Å². The molecule has 0 aliphatic carbocycles. The van der Waals surface area contributed by atoms with E-state index in [9.17, 15) is 0 Å². The minimum Gasteiger partial charge on any atom is -0.300 e. The number of rotatable bonds is 5. The summed E-state index contributed by atoms with van der Waals surface area (Å²) in [7, 11) is 0. The lowest BCUT2D eigenvalue weighted by atomic mass is 10.2. The zero-order chi connectivity index (χ0) is 12.8. The molecule has 1 aromatic rings. The van der Waals surface area contributed by atoms with Crippen molar-refractivity contribution in [1.82, 2.24) is 9.80 Å². The summed E-state index contributed by atoms with van der Waals surface area (Å²) in [6.45, 7) is 10.7. The Labute approximate surface area is 116 Å². The molecule has 0 aromatic heterocycles. The summed E-state index contributed by atoms with van der Waals surface area (Å²) in [5, 5.41) is 0. The van der Waals surface area contributed by atoms with E-state index in [-0.39, 0.29) is 0 Å². The first-order valence-corrected chi connectivity index (χ1v) is 7.06. The second-order valence-electron chi connectivity index (χ2n) is 4.86. The fourth-order valence-corrected chi connectivity index (χ4v) is 2.45. The monoisotopic (exact) mass is 262 g/mol. The number of benzene rings is 1. The van der Waals surface area contributed by atoms with Gasteiger partial charge in [-0.2, -0.15) is 0 Å². The Morgan fingerprint density at radius 2 is 1.67 bits per heavy atom. The Kier molecular flexibility index (Phi) is 5.29. The van der Waals surface area contributed by atoms with E-state index in [0.29, 0.717) is 0 Å². The number of nitrogens with zero attached hydrogens (tertiary/aromatic N) is 2. The molecule has 18 heavy (non-hydrogen) atoms. The van der Waals surface area contributed by atoms with E-state index in [1.54, 1.807) is 0 Å². The lowest BCUT2D eigenvalue weighted by molar-refractivity contribution is 0.129. The minimum absolute atomic E-state index is 1.04. The highest BCUT2D eigenvalue weighted by atomic mass is 32.1. The van der Waals surface area contributed by atoms with Gasteiger partial charge in [-0.3, -0.25) is 4.90 Å². The molecule has 0 spiro atoms. The summed E-state index contributed by atoms with van der Waals surface area (Å²) in [5.41, 5.74) is 1.38. The SMILES string of the molecule is C=CCCN1CCN(Cc2ccc(S)cc2)CC1. The van der Waals surface area contributed by atoms with Crippen molar-refractivity contribution in [3.05, 3.63) is 42.5 Å². The van der Waals surface area contributed by atoms with Crippen LogP contribution in [0.3, 0.4) is 0 Å². The molecule has 0 N–H and O–H groups in total. The summed E-state index contributed by atoms with van der Waals surface area (Å²) in [5.74, 6) is 0. The average Bonchev–Trinajstić information content (AvgIpc) is 2.41. The Bertz CT molecular complexity index is 367. The third-order valence-electron chi connectivity index (χ3n) is 3.46. The van der Waals surface area contributed by atoms with Crippen LogP contribution in [0, 0.1) is 0 Å². The van der Waals surface area contributed by atoms with Crippen molar-refractivity contribution in [2.75, 3.05) is 32.7 Å². The topological polar surface area (TPSA) is 6.48 Å². The molecule has 98 valence electrons. The van der Waals surface area contributed by atoms with E-state index in [1.165, 1.54) is 31.7 Å². The maximum atomic E-state index is 4.31. The molecule has 0 bridgehead atoms. The molecule has 0 saturated carbocycles. The van der Waals surface area contributed by atoms with E-state index < -0.39 is 0 Å². The van der Waals surface area contributed by atoms with Crippen LogP contribution >= 0.6 is 12.6 Å². The molecule has 2 nitrogen and oxygen atoms in total. The van der Waals surface area contributed by atoms with Crippen LogP contribution in [-0.4, -0.2) is 42.5 Å². The van der Waals surface area contributed by atoms with E-state index in [1.807, 2.05) is 6.08 Å². The van der Waals surface area contributed by atoms with Crippen LogP contribution in [0.15, 0.2) is 41.8 Å². The summed E-state index contributed by atoms with van der Waals surface area (Å²) < 4.78 is 0. The van der Waals surface area contributed by atoms with Gasteiger partial charge in [0.25, 0.3) is 0 Å². The molecule has 3 heteroatoms. The van der Waals surface area contributed by atoms with Gasteiger partial charge in [0.1, 0.15) is 0 Å². The molecule has 1 aliphatic heterocycles. The number of thiol groups is 1. The van der Waals surface area contributed by atoms with Crippen LogP contribution in [0.2, 0.25) is 0 Å². The van der Waals surface area contributed by atoms with E-state index >= 15 is 0 Å². The molecule has 0 radical (unpaired) electrons. The summed E-state index contributed by atoms with van der Waals surface area (Å²) in [6, 6.07) is 8.48. The quantitative estimate of drug-likeness (QED) is 0.644. The zero-order valence-electron chi connectivity index (χ0n) is 10.9. The molecule has 0 amide bonds. The van der Waals surface area contributed by atoms with E-state index in [0.717, 1.165) is 24.4 Å². The molecule has 0 atom stereocenters. The Balaban J connectivity index is 1.76. The molecule has 1 aliphatic rings. The maximum absolute atomic E-state index is 4.31. The largest absolute Gasteiger partial charge is 0.300 e. The van der Waals surface area contributed by atoms with Crippen LogP contribution in [0.1, 0.15) is 12.0 Å². The molecular weight excluding hydrogens is 240 g/mol. The van der Waals surface area contributed by atoms with Crippen LogP contribution in [0.25, 0.3) is 0 Å². The van der Waals surface area contributed by atoms with Gasteiger partial charge < -0.3 is 4.90 Å². The molecule has 1 aromatic carbocycles. The summed E-state index contributed by atoms with van der Waals surface area (Å²) in [6.07, 6.45) is 3.11. The second kappa shape index (κ2) is 6.98. The van der Waals surface area contributed by atoms with Gasteiger partial charge in [0.05, 0.1) is 0 Å². The van der Waals surface area contributed by atoms with Crippen molar-refractivity contribution in [3.63, 3.8) is 0 Å². The van der Waals surface area contributed by atoms with Crippen molar-refractivity contribution in [2.45, 2.75) is 17.9 Å². The molecule has 1 fully saturated rings. The smallest absolute Gasteiger partial charge is 0.0234 e. The fourth-order valence-electron chi connectivity index (χ4n) is 2.30. The second-order valence-corrected chi connectivity index (χ2v) is 5.38. The van der Waals surface area contributed by atoms with Gasteiger partial charge in [0.15, 0.2) is 0 Å². The van der Waals surface area contributed by atoms with Gasteiger partial charge >= 0.3 is 0 Å². The van der Waals surface area contributed by atoms with Gasteiger partial charge in [0.2, 0.25) is 0 Å². The lowest BCUT2D eigenvalue weighted by Gasteiger charge is -2.34. The maximum Gasteiger partial charge on any atom is 0.0234 e. The predicted molar refractivity (Wildman–Crippen MR) is 80.2 cm³/mol. The standard InChI is InChI=1S/C15H22N2S/c1-2-3-8-16-9-11-17(12-10-16)13-14-4-6-15(18)7-5-14/h2,4-7,18H,1,3,8-13H2. The predicted octanol–water partition coefficient (Wildman–Crippen LogP) is 2.67. The van der Waals surface area contributed by atoms with Crippen molar-refractivity contribution < 1.29 is 0 Å². The molecule has 2 rings (SSSR count). The number of piperazine rings is 1. The Hall–Kier alpha value is -0.770. The van der Waals surface area contributed by atoms with Crippen LogP contribution in [0.4, 0.5) is 0 Å².